The lowest BCUT2D eigenvalue weighted by atomic mass is 10.2. The Hall–Kier alpha value is -1.29. The molecule has 0 spiro atoms. The molecule has 0 radical (unpaired) electrons. The highest BCUT2D eigenvalue weighted by molar-refractivity contribution is 9.12. The van der Waals surface area contributed by atoms with Gasteiger partial charge in [-0.25, -0.2) is 0 Å². The molecule has 0 saturated heterocycles. The summed E-state index contributed by atoms with van der Waals surface area (Å²) in [6, 6.07) is 6.71. The van der Waals surface area contributed by atoms with Gasteiger partial charge in [0.25, 0.3) is 5.24 Å². The number of allylic oxidation sites excluding steroid dienone is 1. The van der Waals surface area contributed by atoms with E-state index in [1.54, 1.807) is 30.3 Å². The zero-order valence-electron chi connectivity index (χ0n) is 7.39. The van der Waals surface area contributed by atoms with Crippen molar-refractivity contribution in [1.29, 1.82) is 0 Å². The first kappa shape index (κ1) is 11.8. The molecule has 0 fully saturated rings. The Morgan fingerprint density at radius 3 is 2.53 bits per heavy atom. The van der Waals surface area contributed by atoms with Crippen molar-refractivity contribution in [3.63, 3.8) is 0 Å². The van der Waals surface area contributed by atoms with Gasteiger partial charge in [0.15, 0.2) is 0 Å². The van der Waals surface area contributed by atoms with Gasteiger partial charge in [-0.2, -0.15) is 0 Å². The number of benzene rings is 1. The molecule has 0 aliphatic rings. The summed E-state index contributed by atoms with van der Waals surface area (Å²) in [7, 11) is 0. The maximum atomic E-state index is 10.7. The Labute approximate surface area is 99.3 Å². The monoisotopic (exact) mass is 285 g/mol. The van der Waals surface area contributed by atoms with Crippen molar-refractivity contribution in [3.05, 3.63) is 44.8 Å². The summed E-state index contributed by atoms with van der Waals surface area (Å²) in [5.41, 5.74) is 9.49. The maximum absolute atomic E-state index is 10.7. The van der Waals surface area contributed by atoms with E-state index in [9.17, 15) is 4.79 Å². The summed E-state index contributed by atoms with van der Waals surface area (Å²) in [6.45, 7) is 0. The van der Waals surface area contributed by atoms with Crippen LogP contribution >= 0.6 is 27.5 Å². The Balaban J connectivity index is 2.94. The highest BCUT2D eigenvalue weighted by Crippen LogP contribution is 2.18. The van der Waals surface area contributed by atoms with Crippen molar-refractivity contribution in [2.45, 2.75) is 0 Å². The number of halogens is 2. The number of hydrogen-bond donors (Lipinski definition) is 0. The molecule has 0 heterocycles. The summed E-state index contributed by atoms with van der Waals surface area (Å²) < 4.78 is 0.278. The summed E-state index contributed by atoms with van der Waals surface area (Å²) in [5.74, 6) is 0. The Bertz CT molecular complexity index is 449. The molecule has 1 aromatic rings. The quantitative estimate of drug-likeness (QED) is 0.271. The number of hydrogen-bond acceptors (Lipinski definition) is 2. The van der Waals surface area contributed by atoms with Gasteiger partial charge in [0.1, 0.15) is 0 Å². The van der Waals surface area contributed by atoms with Gasteiger partial charge in [-0.1, -0.05) is 29.4 Å². The number of rotatable bonds is 3. The van der Waals surface area contributed by atoms with E-state index in [1.807, 2.05) is 0 Å². The zero-order valence-corrected chi connectivity index (χ0v) is 9.73. The minimum atomic E-state index is -0.561. The van der Waals surface area contributed by atoms with Crippen LogP contribution in [0.1, 0.15) is 5.56 Å². The van der Waals surface area contributed by atoms with E-state index < -0.39 is 5.24 Å². The molecule has 1 aromatic carbocycles. The predicted molar refractivity (Wildman–Crippen MR) is 63.0 cm³/mol. The van der Waals surface area contributed by atoms with Gasteiger partial charge in [-0.05, 0) is 44.7 Å². The van der Waals surface area contributed by atoms with Gasteiger partial charge in [0.2, 0.25) is 0 Å². The Morgan fingerprint density at radius 2 is 2.07 bits per heavy atom. The summed E-state index contributed by atoms with van der Waals surface area (Å²) in [4.78, 5) is 13.4. The fraction of sp³-hybridized carbons (Fsp3) is 0. The summed E-state index contributed by atoms with van der Waals surface area (Å²) >= 11 is 8.26. The number of carbonyl (C=O) groups excluding carboxylic acids is 1. The number of azide groups is 1. The molecule has 0 amide bonds. The zero-order chi connectivity index (χ0) is 11.3. The number of nitrogens with zero attached hydrogens (tertiary/aromatic N) is 3. The standard InChI is InChI=1S/C9H5BrClN3O/c10-8(9(11)15)5-6-1-3-7(4-2-6)13-14-12/h1-5H. The largest absolute Gasteiger partial charge is 0.275 e. The van der Waals surface area contributed by atoms with E-state index in [2.05, 4.69) is 26.0 Å². The molecule has 0 saturated carbocycles. The smallest absolute Gasteiger partial charge is 0.259 e. The molecule has 0 atom stereocenters. The van der Waals surface area contributed by atoms with Crippen molar-refractivity contribution < 1.29 is 4.79 Å². The molecule has 0 N–H and O–H groups in total. The van der Waals surface area contributed by atoms with Crippen LogP contribution in [-0.2, 0) is 4.79 Å². The van der Waals surface area contributed by atoms with Gasteiger partial charge in [-0.3, -0.25) is 4.79 Å². The fourth-order valence-electron chi connectivity index (χ4n) is 0.892. The van der Waals surface area contributed by atoms with Gasteiger partial charge in [-0.15, -0.1) is 0 Å². The van der Waals surface area contributed by atoms with Crippen LogP contribution in [0.4, 0.5) is 5.69 Å². The molecule has 0 bridgehead atoms. The van der Waals surface area contributed by atoms with Crippen LogP contribution in [0.15, 0.2) is 33.9 Å². The first-order valence-electron chi connectivity index (χ1n) is 3.85. The third-order valence-corrected chi connectivity index (χ3v) is 2.56. The molecular weight excluding hydrogens is 281 g/mol. The Morgan fingerprint density at radius 1 is 1.47 bits per heavy atom. The fourth-order valence-corrected chi connectivity index (χ4v) is 1.21. The first-order chi connectivity index (χ1) is 7.13. The minimum Gasteiger partial charge on any atom is -0.275 e. The highest BCUT2D eigenvalue weighted by atomic mass is 79.9. The lowest BCUT2D eigenvalue weighted by Gasteiger charge is -1.95. The minimum absolute atomic E-state index is 0.278. The predicted octanol–water partition coefficient (Wildman–Crippen LogP) is 4.13. The molecule has 0 aliphatic carbocycles. The third kappa shape index (κ3) is 3.75. The molecule has 0 aliphatic heterocycles. The molecule has 1 rings (SSSR count). The van der Waals surface area contributed by atoms with Crippen LogP contribution in [0.5, 0.6) is 0 Å². The van der Waals surface area contributed by atoms with E-state index in [0.717, 1.165) is 5.56 Å². The lowest BCUT2D eigenvalue weighted by Crippen LogP contribution is -1.83. The third-order valence-electron chi connectivity index (χ3n) is 1.53. The van der Waals surface area contributed by atoms with Gasteiger partial charge < -0.3 is 0 Å². The molecular formula is C9H5BrClN3O. The van der Waals surface area contributed by atoms with Gasteiger partial charge >= 0.3 is 0 Å². The average molecular weight is 287 g/mol. The second-order valence-corrected chi connectivity index (χ2v) is 3.74. The molecule has 6 heteroatoms. The molecule has 4 nitrogen and oxygen atoms in total. The van der Waals surface area contributed by atoms with Crippen molar-refractivity contribution in [2.75, 3.05) is 0 Å². The molecule has 76 valence electrons. The second kappa shape index (κ2) is 5.56. The van der Waals surface area contributed by atoms with Gasteiger partial charge in [0.05, 0.1) is 4.48 Å². The van der Waals surface area contributed by atoms with E-state index in [0.29, 0.717) is 5.69 Å². The van der Waals surface area contributed by atoms with Crippen LogP contribution in [0, 0.1) is 0 Å². The van der Waals surface area contributed by atoms with E-state index in [4.69, 9.17) is 17.1 Å². The lowest BCUT2D eigenvalue weighted by molar-refractivity contribution is -0.107. The first-order valence-corrected chi connectivity index (χ1v) is 5.03. The second-order valence-electron chi connectivity index (χ2n) is 2.55. The molecule has 0 unspecified atom stereocenters. The van der Waals surface area contributed by atoms with Gasteiger partial charge in [0, 0.05) is 10.6 Å². The topological polar surface area (TPSA) is 65.8 Å². The Kier molecular flexibility index (Phi) is 4.37. The van der Waals surface area contributed by atoms with Crippen LogP contribution in [0.25, 0.3) is 16.5 Å². The van der Waals surface area contributed by atoms with E-state index in [1.165, 1.54) is 0 Å². The normalized spacial score (nSPS) is 10.7. The van der Waals surface area contributed by atoms with E-state index in [-0.39, 0.29) is 4.48 Å². The van der Waals surface area contributed by atoms with E-state index >= 15 is 0 Å². The van der Waals surface area contributed by atoms with Crippen LogP contribution in [0.2, 0.25) is 0 Å². The van der Waals surface area contributed by atoms with Crippen LogP contribution < -0.4 is 0 Å². The number of carbonyl (C=O) groups is 1. The summed E-state index contributed by atoms with van der Waals surface area (Å²) in [5, 5.41) is 2.86. The van der Waals surface area contributed by atoms with Crippen molar-refractivity contribution >= 4 is 44.5 Å². The SMILES string of the molecule is [N-]=[N+]=Nc1ccc(C=C(Br)C(=O)Cl)cc1. The summed E-state index contributed by atoms with van der Waals surface area (Å²) in [6.07, 6.45) is 1.58. The van der Waals surface area contributed by atoms with Crippen molar-refractivity contribution in [1.82, 2.24) is 0 Å². The molecule has 0 aromatic heterocycles. The van der Waals surface area contributed by atoms with Crippen LogP contribution in [0.3, 0.4) is 0 Å². The van der Waals surface area contributed by atoms with Crippen molar-refractivity contribution in [3.8, 4) is 0 Å². The maximum Gasteiger partial charge on any atom is 0.259 e. The van der Waals surface area contributed by atoms with Crippen molar-refractivity contribution in [2.24, 2.45) is 5.11 Å². The molecule has 15 heavy (non-hydrogen) atoms. The highest BCUT2D eigenvalue weighted by Gasteiger charge is 2.00. The average Bonchev–Trinajstić information content (AvgIpc) is 2.21. The van der Waals surface area contributed by atoms with Crippen LogP contribution in [-0.4, -0.2) is 5.24 Å².